The molecule has 27 heavy (non-hydrogen) atoms. The van der Waals surface area contributed by atoms with Gasteiger partial charge < -0.3 is 4.98 Å². The molecule has 0 bridgehead atoms. The second kappa shape index (κ2) is 7.89. The van der Waals surface area contributed by atoms with E-state index in [0.717, 1.165) is 49.6 Å². The van der Waals surface area contributed by atoms with Crippen molar-refractivity contribution in [3.63, 3.8) is 0 Å². The molecule has 4 nitrogen and oxygen atoms in total. The van der Waals surface area contributed by atoms with Crippen molar-refractivity contribution >= 4 is 0 Å². The molecule has 138 valence electrons. The number of nitrogens with one attached hydrogen (secondary N) is 1. The number of aromatic nitrogens is 2. The molecule has 4 rings (SSSR count). The minimum absolute atomic E-state index is 0.0272. The molecular formula is C23H25N3O. The number of benzene rings is 2. The number of H-pyrrole nitrogens is 1. The van der Waals surface area contributed by atoms with Crippen LogP contribution in [0.15, 0.2) is 65.5 Å². The Morgan fingerprint density at radius 1 is 1.00 bits per heavy atom. The molecule has 3 aromatic rings. The average Bonchev–Trinajstić information content (AvgIpc) is 2.92. The van der Waals surface area contributed by atoms with Crippen molar-refractivity contribution < 1.29 is 0 Å². The minimum Gasteiger partial charge on any atom is -0.310 e. The summed E-state index contributed by atoms with van der Waals surface area (Å²) in [6.07, 6.45) is 1.57. The molecule has 1 aliphatic rings. The van der Waals surface area contributed by atoms with Gasteiger partial charge in [-0.15, -0.1) is 0 Å². The van der Waals surface area contributed by atoms with Crippen molar-refractivity contribution in [3.05, 3.63) is 99.2 Å². The zero-order valence-corrected chi connectivity index (χ0v) is 15.7. The van der Waals surface area contributed by atoms with Crippen molar-refractivity contribution in [1.82, 2.24) is 14.9 Å². The molecule has 0 aliphatic carbocycles. The SMILES string of the molecule is CC(c1ccccc1)c1nc2c(c(=O)[nH]1)CCN(Cc1ccccc1)CC2. The van der Waals surface area contributed by atoms with Gasteiger partial charge in [-0.25, -0.2) is 4.98 Å². The zero-order chi connectivity index (χ0) is 18.6. The van der Waals surface area contributed by atoms with Crippen LogP contribution in [0.5, 0.6) is 0 Å². The highest BCUT2D eigenvalue weighted by Gasteiger charge is 2.20. The van der Waals surface area contributed by atoms with E-state index in [0.29, 0.717) is 0 Å². The maximum Gasteiger partial charge on any atom is 0.254 e. The summed E-state index contributed by atoms with van der Waals surface area (Å²) in [7, 11) is 0. The summed E-state index contributed by atoms with van der Waals surface area (Å²) in [4.78, 5) is 23.0. The van der Waals surface area contributed by atoms with Crippen LogP contribution >= 0.6 is 0 Å². The first-order chi connectivity index (χ1) is 13.2. The summed E-state index contributed by atoms with van der Waals surface area (Å²) in [6.45, 7) is 4.83. The lowest BCUT2D eigenvalue weighted by molar-refractivity contribution is 0.279. The highest BCUT2D eigenvalue weighted by atomic mass is 16.1. The fraction of sp³-hybridized carbons (Fsp3) is 0.304. The summed E-state index contributed by atoms with van der Waals surface area (Å²) < 4.78 is 0. The van der Waals surface area contributed by atoms with Gasteiger partial charge in [0.15, 0.2) is 0 Å². The van der Waals surface area contributed by atoms with Crippen molar-refractivity contribution in [2.45, 2.75) is 32.2 Å². The van der Waals surface area contributed by atoms with Crippen LogP contribution < -0.4 is 5.56 Å². The van der Waals surface area contributed by atoms with Gasteiger partial charge in [0.05, 0.1) is 5.69 Å². The van der Waals surface area contributed by atoms with E-state index in [1.807, 2.05) is 24.3 Å². The predicted molar refractivity (Wildman–Crippen MR) is 108 cm³/mol. The molecule has 0 radical (unpaired) electrons. The van der Waals surface area contributed by atoms with Gasteiger partial charge in [0.1, 0.15) is 5.82 Å². The maximum atomic E-state index is 12.7. The molecule has 1 aromatic heterocycles. The third kappa shape index (κ3) is 4.01. The van der Waals surface area contributed by atoms with E-state index in [-0.39, 0.29) is 11.5 Å². The number of aromatic amines is 1. The minimum atomic E-state index is 0.0272. The van der Waals surface area contributed by atoms with Crippen molar-refractivity contribution in [1.29, 1.82) is 0 Å². The van der Waals surface area contributed by atoms with Crippen molar-refractivity contribution in [3.8, 4) is 0 Å². The molecule has 2 heterocycles. The Hall–Kier alpha value is -2.72. The Balaban J connectivity index is 1.55. The van der Waals surface area contributed by atoms with Crippen molar-refractivity contribution in [2.24, 2.45) is 0 Å². The monoisotopic (exact) mass is 359 g/mol. The van der Waals surface area contributed by atoms with Crippen molar-refractivity contribution in [2.75, 3.05) is 13.1 Å². The molecule has 1 N–H and O–H groups in total. The van der Waals surface area contributed by atoms with E-state index >= 15 is 0 Å². The predicted octanol–water partition coefficient (Wildman–Crippen LogP) is 3.52. The Morgan fingerprint density at radius 3 is 2.41 bits per heavy atom. The van der Waals surface area contributed by atoms with Gasteiger partial charge in [-0.3, -0.25) is 9.69 Å². The van der Waals surface area contributed by atoms with Crippen LogP contribution in [0.1, 0.15) is 41.1 Å². The molecule has 0 saturated heterocycles. The lowest BCUT2D eigenvalue weighted by atomic mass is 10.00. The third-order valence-corrected chi connectivity index (χ3v) is 5.42. The Morgan fingerprint density at radius 2 is 1.67 bits per heavy atom. The zero-order valence-electron chi connectivity index (χ0n) is 15.7. The Bertz CT molecular complexity index is 950. The van der Waals surface area contributed by atoms with Gasteiger partial charge in [-0.05, 0) is 17.5 Å². The smallest absolute Gasteiger partial charge is 0.254 e. The first-order valence-electron chi connectivity index (χ1n) is 9.64. The third-order valence-electron chi connectivity index (χ3n) is 5.42. The largest absolute Gasteiger partial charge is 0.310 e. The van der Waals surface area contributed by atoms with Crippen LogP contribution in [0.4, 0.5) is 0 Å². The van der Waals surface area contributed by atoms with E-state index in [4.69, 9.17) is 4.98 Å². The normalized spacial score (nSPS) is 15.7. The quantitative estimate of drug-likeness (QED) is 0.775. The standard InChI is InChI=1S/C23H25N3O/c1-17(19-10-6-3-7-11-19)22-24-21-13-15-26(14-12-20(21)23(27)25-22)16-18-8-4-2-5-9-18/h2-11,17H,12-16H2,1H3,(H,24,25,27). The van der Waals surface area contributed by atoms with E-state index < -0.39 is 0 Å². The van der Waals surface area contributed by atoms with Crippen LogP contribution in [-0.4, -0.2) is 28.0 Å². The number of hydrogen-bond donors (Lipinski definition) is 1. The summed E-state index contributed by atoms with van der Waals surface area (Å²) in [5.41, 5.74) is 4.32. The van der Waals surface area contributed by atoms with Gasteiger partial charge in [-0.1, -0.05) is 67.6 Å². The number of fused-ring (bicyclic) bond motifs is 1. The molecule has 0 spiro atoms. The first kappa shape index (κ1) is 17.7. The number of rotatable bonds is 4. The highest BCUT2D eigenvalue weighted by Crippen LogP contribution is 2.21. The van der Waals surface area contributed by atoms with Crippen LogP contribution in [0.3, 0.4) is 0 Å². The Kier molecular flexibility index (Phi) is 5.16. The highest BCUT2D eigenvalue weighted by molar-refractivity contribution is 5.27. The van der Waals surface area contributed by atoms with Crippen LogP contribution in [-0.2, 0) is 19.4 Å². The van der Waals surface area contributed by atoms with Crippen LogP contribution in [0.2, 0.25) is 0 Å². The topological polar surface area (TPSA) is 49.0 Å². The van der Waals surface area contributed by atoms with Crippen LogP contribution in [0, 0.1) is 0 Å². The van der Waals surface area contributed by atoms with Gasteiger partial charge in [0.2, 0.25) is 0 Å². The second-order valence-electron chi connectivity index (χ2n) is 7.27. The summed E-state index contributed by atoms with van der Waals surface area (Å²) in [5, 5.41) is 0. The van der Waals surface area contributed by atoms with Gasteiger partial charge in [0.25, 0.3) is 5.56 Å². The second-order valence-corrected chi connectivity index (χ2v) is 7.27. The molecule has 1 atom stereocenters. The maximum absolute atomic E-state index is 12.7. The fourth-order valence-electron chi connectivity index (χ4n) is 3.78. The lowest BCUT2D eigenvalue weighted by Crippen LogP contribution is -2.26. The lowest BCUT2D eigenvalue weighted by Gasteiger charge is -2.19. The number of hydrogen-bond acceptors (Lipinski definition) is 3. The van der Waals surface area contributed by atoms with E-state index in [2.05, 4.69) is 53.2 Å². The fourth-order valence-corrected chi connectivity index (χ4v) is 3.78. The molecular weight excluding hydrogens is 334 g/mol. The molecule has 1 unspecified atom stereocenters. The molecule has 1 aliphatic heterocycles. The Labute approximate surface area is 159 Å². The van der Waals surface area contributed by atoms with Gasteiger partial charge in [0, 0.05) is 37.5 Å². The van der Waals surface area contributed by atoms with E-state index in [9.17, 15) is 4.79 Å². The van der Waals surface area contributed by atoms with E-state index in [1.165, 1.54) is 11.1 Å². The van der Waals surface area contributed by atoms with Crippen LogP contribution in [0.25, 0.3) is 0 Å². The summed E-state index contributed by atoms with van der Waals surface area (Å²) in [5.74, 6) is 0.842. The first-order valence-corrected chi connectivity index (χ1v) is 9.64. The molecule has 0 amide bonds. The molecule has 2 aromatic carbocycles. The molecule has 4 heteroatoms. The van der Waals surface area contributed by atoms with Gasteiger partial charge >= 0.3 is 0 Å². The van der Waals surface area contributed by atoms with E-state index in [1.54, 1.807) is 0 Å². The van der Waals surface area contributed by atoms with Gasteiger partial charge in [-0.2, -0.15) is 0 Å². The summed E-state index contributed by atoms with van der Waals surface area (Å²) in [6, 6.07) is 20.7. The average molecular weight is 359 g/mol. The molecule has 0 saturated carbocycles. The number of nitrogens with zero attached hydrogens (tertiary/aromatic N) is 2. The summed E-state index contributed by atoms with van der Waals surface area (Å²) >= 11 is 0. The molecule has 0 fully saturated rings.